The summed E-state index contributed by atoms with van der Waals surface area (Å²) in [6, 6.07) is 28.8. The van der Waals surface area contributed by atoms with Gasteiger partial charge in [0, 0.05) is 16.7 Å². The highest BCUT2D eigenvalue weighted by molar-refractivity contribution is 7.98. The van der Waals surface area contributed by atoms with Crippen LogP contribution in [0.15, 0.2) is 84.9 Å². The summed E-state index contributed by atoms with van der Waals surface area (Å²) < 4.78 is 1.34. The molecule has 4 rings (SSSR count). The number of fused-ring (bicyclic) bond motifs is 1. The molecule has 0 unspecified atom stereocenters. The number of rotatable bonds is 6. The van der Waals surface area contributed by atoms with Crippen LogP contribution in [0.1, 0.15) is 11.1 Å². The van der Waals surface area contributed by atoms with Crippen LogP contribution in [0.2, 0.25) is 0 Å². The topological polar surface area (TPSA) is 25.2 Å². The molecule has 0 amide bonds. The van der Waals surface area contributed by atoms with Gasteiger partial charge in [-0.1, -0.05) is 78.9 Å². The first-order valence-corrected chi connectivity index (χ1v) is 9.99. The third-order valence-corrected chi connectivity index (χ3v) is 5.61. The van der Waals surface area contributed by atoms with Gasteiger partial charge in [0.15, 0.2) is 0 Å². The number of hydrogen-bond donors (Lipinski definition) is 1. The smallest absolute Gasteiger partial charge is 0.0919 e. The minimum atomic E-state index is 0.866. The van der Waals surface area contributed by atoms with Crippen LogP contribution >= 0.6 is 11.8 Å². The van der Waals surface area contributed by atoms with E-state index in [1.165, 1.54) is 15.9 Å². The Labute approximate surface area is 158 Å². The molecule has 26 heavy (non-hydrogen) atoms. The molecule has 1 aromatic heterocycles. The molecule has 0 aliphatic heterocycles. The summed E-state index contributed by atoms with van der Waals surface area (Å²) in [6.45, 7) is 0. The highest BCUT2D eigenvalue weighted by Crippen LogP contribution is 2.35. The van der Waals surface area contributed by atoms with Gasteiger partial charge >= 0.3 is 0 Å². The maximum Gasteiger partial charge on any atom is 0.0919 e. The van der Waals surface area contributed by atoms with Gasteiger partial charge in [-0.2, -0.15) is 16.5 Å². The Balaban J connectivity index is 1.61. The Morgan fingerprint density at radius 2 is 1.42 bits per heavy atom. The number of aromatic nitrogens is 1. The number of benzene rings is 3. The largest absolute Gasteiger partial charge is 0.428 e. The van der Waals surface area contributed by atoms with Gasteiger partial charge in [-0.25, -0.2) is 0 Å². The minimum absolute atomic E-state index is 0.866. The molecule has 0 aliphatic rings. The lowest BCUT2D eigenvalue weighted by Crippen LogP contribution is -1.95. The van der Waals surface area contributed by atoms with Gasteiger partial charge in [-0.3, -0.25) is 0 Å². The summed E-state index contributed by atoms with van der Waals surface area (Å²) in [6.07, 6.45) is 1.06. The van der Waals surface area contributed by atoms with Crippen molar-refractivity contribution in [2.45, 2.75) is 12.2 Å². The molecule has 1 N–H and O–H groups in total. The first-order chi connectivity index (χ1) is 12.8. The zero-order chi connectivity index (χ0) is 17.8. The van der Waals surface area contributed by atoms with Gasteiger partial charge in [-0.15, -0.1) is 0 Å². The lowest BCUT2D eigenvalue weighted by atomic mass is 10.1. The van der Waals surface area contributed by atoms with E-state index in [2.05, 4.69) is 48.5 Å². The molecule has 130 valence electrons. The summed E-state index contributed by atoms with van der Waals surface area (Å²) in [5, 5.41) is 11.9. The van der Waals surface area contributed by atoms with E-state index in [0.717, 1.165) is 40.1 Å². The van der Waals surface area contributed by atoms with Gasteiger partial charge in [-0.05, 0) is 29.4 Å². The Kier molecular flexibility index (Phi) is 4.98. The van der Waals surface area contributed by atoms with E-state index >= 15 is 0 Å². The lowest BCUT2D eigenvalue weighted by Gasteiger charge is -2.07. The van der Waals surface area contributed by atoms with Crippen molar-refractivity contribution >= 4 is 22.7 Å². The molecule has 2 nitrogen and oxygen atoms in total. The maximum atomic E-state index is 10.8. The molecule has 4 aromatic rings. The second-order valence-corrected chi connectivity index (χ2v) is 7.42. The average molecular weight is 359 g/mol. The van der Waals surface area contributed by atoms with Crippen molar-refractivity contribution in [2.24, 2.45) is 0 Å². The van der Waals surface area contributed by atoms with Crippen molar-refractivity contribution in [1.82, 2.24) is 4.73 Å². The van der Waals surface area contributed by atoms with Crippen LogP contribution in [0.5, 0.6) is 0 Å². The summed E-state index contributed by atoms with van der Waals surface area (Å²) >= 11 is 1.91. The summed E-state index contributed by atoms with van der Waals surface area (Å²) in [7, 11) is 0. The fourth-order valence-electron chi connectivity index (χ4n) is 3.34. The highest BCUT2D eigenvalue weighted by Gasteiger charge is 2.17. The van der Waals surface area contributed by atoms with Crippen molar-refractivity contribution < 1.29 is 5.21 Å². The van der Waals surface area contributed by atoms with E-state index in [1.54, 1.807) is 0 Å². The molecule has 3 aromatic carbocycles. The van der Waals surface area contributed by atoms with Crippen molar-refractivity contribution in [3.05, 3.63) is 96.1 Å². The Morgan fingerprint density at radius 1 is 0.769 bits per heavy atom. The third-order valence-electron chi connectivity index (χ3n) is 4.63. The second-order valence-electron chi connectivity index (χ2n) is 6.31. The van der Waals surface area contributed by atoms with Gasteiger partial charge in [0.05, 0.1) is 11.2 Å². The van der Waals surface area contributed by atoms with Crippen LogP contribution < -0.4 is 0 Å². The summed E-state index contributed by atoms with van der Waals surface area (Å²) in [4.78, 5) is 0. The van der Waals surface area contributed by atoms with E-state index in [9.17, 15) is 5.21 Å². The Morgan fingerprint density at radius 3 is 2.19 bits per heavy atom. The van der Waals surface area contributed by atoms with Crippen LogP contribution in [-0.2, 0) is 12.2 Å². The molecule has 1 heterocycles. The number of hydrogen-bond acceptors (Lipinski definition) is 2. The predicted octanol–water partition coefficient (Wildman–Crippen LogP) is 6.02. The molecule has 3 heteroatoms. The van der Waals surface area contributed by atoms with Gasteiger partial charge in [0.2, 0.25) is 0 Å². The molecule has 0 saturated carbocycles. The van der Waals surface area contributed by atoms with E-state index in [0.29, 0.717) is 0 Å². The number of aryl methyl sites for hydroxylation is 1. The van der Waals surface area contributed by atoms with Crippen LogP contribution in [0.3, 0.4) is 0 Å². The molecular weight excluding hydrogens is 338 g/mol. The monoisotopic (exact) mass is 359 g/mol. The second kappa shape index (κ2) is 7.71. The zero-order valence-electron chi connectivity index (χ0n) is 14.5. The molecule has 0 spiro atoms. The van der Waals surface area contributed by atoms with E-state index < -0.39 is 0 Å². The average Bonchev–Trinajstić information content (AvgIpc) is 2.99. The Hall–Kier alpha value is -2.65. The third kappa shape index (κ3) is 3.35. The SMILES string of the molecule is On1c(-c2ccccc2)c(CSCCc2ccccc2)c2ccccc21. The van der Waals surface area contributed by atoms with Gasteiger partial charge < -0.3 is 5.21 Å². The van der Waals surface area contributed by atoms with Crippen LogP contribution in [0.25, 0.3) is 22.2 Å². The standard InChI is InChI=1S/C23H21NOS/c25-24-22-14-8-7-13-20(22)21(23(24)19-11-5-2-6-12-19)17-26-16-15-18-9-3-1-4-10-18/h1-14,25H,15-17H2. The number of thioether (sulfide) groups is 1. The fourth-order valence-corrected chi connectivity index (χ4v) is 4.36. The Bertz CT molecular complexity index is 993. The van der Waals surface area contributed by atoms with Gasteiger partial charge in [0.1, 0.15) is 0 Å². The van der Waals surface area contributed by atoms with E-state index in [-0.39, 0.29) is 0 Å². The summed E-state index contributed by atoms with van der Waals surface area (Å²) in [5.74, 6) is 1.94. The first kappa shape index (κ1) is 16.8. The molecule has 0 saturated heterocycles. The summed E-state index contributed by atoms with van der Waals surface area (Å²) in [5.41, 5.74) is 5.38. The van der Waals surface area contributed by atoms with Crippen molar-refractivity contribution in [1.29, 1.82) is 0 Å². The molecule has 0 fully saturated rings. The van der Waals surface area contributed by atoms with E-state index in [1.807, 2.05) is 48.2 Å². The zero-order valence-corrected chi connectivity index (χ0v) is 15.3. The lowest BCUT2D eigenvalue weighted by molar-refractivity contribution is 0.204. The maximum absolute atomic E-state index is 10.8. The normalized spacial score (nSPS) is 11.1. The van der Waals surface area contributed by atoms with Crippen LogP contribution in [0, 0.1) is 0 Å². The quantitative estimate of drug-likeness (QED) is 0.336. The van der Waals surface area contributed by atoms with Crippen molar-refractivity contribution in [3.8, 4) is 11.3 Å². The van der Waals surface area contributed by atoms with Crippen molar-refractivity contribution in [3.63, 3.8) is 0 Å². The van der Waals surface area contributed by atoms with Crippen LogP contribution in [0.4, 0.5) is 0 Å². The molecule has 0 atom stereocenters. The first-order valence-electron chi connectivity index (χ1n) is 8.83. The fraction of sp³-hybridized carbons (Fsp3) is 0.130. The predicted molar refractivity (Wildman–Crippen MR) is 111 cm³/mol. The van der Waals surface area contributed by atoms with E-state index in [4.69, 9.17) is 0 Å². The molecule has 0 bridgehead atoms. The van der Waals surface area contributed by atoms with Crippen molar-refractivity contribution in [2.75, 3.05) is 5.75 Å². The minimum Gasteiger partial charge on any atom is -0.428 e. The molecule has 0 radical (unpaired) electrons. The highest BCUT2D eigenvalue weighted by atomic mass is 32.2. The molecular formula is C23H21NOS. The number of nitrogens with zero attached hydrogens (tertiary/aromatic N) is 1. The van der Waals surface area contributed by atoms with Crippen LogP contribution in [-0.4, -0.2) is 15.7 Å². The molecule has 0 aliphatic carbocycles. The van der Waals surface area contributed by atoms with Gasteiger partial charge in [0.25, 0.3) is 0 Å². The number of para-hydroxylation sites is 1.